The molecular weight excluding hydrogens is 272 g/mol. The van der Waals surface area contributed by atoms with Crippen molar-refractivity contribution in [3.05, 3.63) is 48.5 Å². The normalized spacial score (nSPS) is 11.2. The largest absolute Gasteiger partial charge is 0.497 e. The second kappa shape index (κ2) is 5.00. The van der Waals surface area contributed by atoms with E-state index in [1.54, 1.807) is 12.1 Å². The van der Waals surface area contributed by atoms with Crippen molar-refractivity contribution in [1.82, 2.24) is 0 Å². The van der Waals surface area contributed by atoms with Crippen LogP contribution in [0, 0.1) is 0 Å². The summed E-state index contributed by atoms with van der Waals surface area (Å²) in [5.74, 6) is 0.453. The van der Waals surface area contributed by atoms with Gasteiger partial charge in [0.05, 0.1) is 12.0 Å². The molecule has 18 heavy (non-hydrogen) atoms. The number of benzene rings is 2. The minimum absolute atomic E-state index is 0.0507. The second-order valence-corrected chi connectivity index (χ2v) is 6.20. The smallest absolute Gasteiger partial charge is 0.262 e. The predicted octanol–water partition coefficient (Wildman–Crippen LogP) is 3.29. The maximum atomic E-state index is 11.6. The molecule has 0 amide bonds. The van der Waals surface area contributed by atoms with Gasteiger partial charge in [-0.05, 0) is 17.7 Å². The Morgan fingerprint density at radius 1 is 1.06 bits per heavy atom. The fourth-order valence-electron chi connectivity index (χ4n) is 1.69. The Balaban J connectivity index is 2.69. The Labute approximate surface area is 110 Å². The van der Waals surface area contributed by atoms with E-state index >= 15 is 0 Å². The lowest BCUT2D eigenvalue weighted by Crippen LogP contribution is -1.96. The molecule has 0 aliphatic heterocycles. The van der Waals surface area contributed by atoms with E-state index in [2.05, 4.69) is 0 Å². The summed E-state index contributed by atoms with van der Waals surface area (Å²) in [6.07, 6.45) is 0. The van der Waals surface area contributed by atoms with Gasteiger partial charge in [0.1, 0.15) is 5.75 Å². The molecule has 2 aromatic carbocycles. The maximum Gasteiger partial charge on any atom is 0.262 e. The summed E-state index contributed by atoms with van der Waals surface area (Å²) in [5, 5.41) is 0. The first-order chi connectivity index (χ1) is 8.52. The quantitative estimate of drug-likeness (QED) is 0.812. The van der Waals surface area contributed by atoms with E-state index in [9.17, 15) is 8.42 Å². The molecule has 0 saturated heterocycles. The molecule has 0 atom stereocenters. The number of halogens is 1. The van der Waals surface area contributed by atoms with E-state index < -0.39 is 9.05 Å². The van der Waals surface area contributed by atoms with Crippen LogP contribution in [0.25, 0.3) is 11.1 Å². The molecule has 0 saturated carbocycles. The van der Waals surface area contributed by atoms with Crippen LogP contribution < -0.4 is 4.74 Å². The molecule has 0 bridgehead atoms. The van der Waals surface area contributed by atoms with Crippen molar-refractivity contribution < 1.29 is 13.2 Å². The van der Waals surface area contributed by atoms with Gasteiger partial charge < -0.3 is 4.74 Å². The average Bonchev–Trinajstić information content (AvgIpc) is 2.38. The van der Waals surface area contributed by atoms with Crippen LogP contribution in [0.3, 0.4) is 0 Å². The van der Waals surface area contributed by atoms with E-state index in [1.165, 1.54) is 13.2 Å². The lowest BCUT2D eigenvalue weighted by atomic mass is 10.1. The van der Waals surface area contributed by atoms with Crippen LogP contribution in [0.1, 0.15) is 0 Å². The Kier molecular flexibility index (Phi) is 3.59. The molecule has 94 valence electrons. The van der Waals surface area contributed by atoms with Crippen molar-refractivity contribution in [2.45, 2.75) is 4.90 Å². The molecule has 0 aliphatic rings. The molecule has 0 fully saturated rings. The minimum Gasteiger partial charge on any atom is -0.497 e. The number of ether oxygens (including phenoxy) is 1. The van der Waals surface area contributed by atoms with Crippen molar-refractivity contribution in [2.24, 2.45) is 0 Å². The lowest BCUT2D eigenvalue weighted by Gasteiger charge is -2.09. The molecule has 0 unspecified atom stereocenters. The van der Waals surface area contributed by atoms with Gasteiger partial charge in [-0.2, -0.15) is 0 Å². The van der Waals surface area contributed by atoms with E-state index in [4.69, 9.17) is 15.4 Å². The molecule has 3 nitrogen and oxygen atoms in total. The third-order valence-electron chi connectivity index (χ3n) is 2.54. The van der Waals surface area contributed by atoms with E-state index in [1.807, 2.05) is 30.3 Å². The Bertz CT molecular complexity index is 651. The summed E-state index contributed by atoms with van der Waals surface area (Å²) < 4.78 is 28.2. The van der Waals surface area contributed by atoms with Crippen LogP contribution >= 0.6 is 10.7 Å². The number of rotatable bonds is 3. The average molecular weight is 283 g/mol. The van der Waals surface area contributed by atoms with Gasteiger partial charge in [0, 0.05) is 22.3 Å². The Morgan fingerprint density at radius 3 is 2.28 bits per heavy atom. The monoisotopic (exact) mass is 282 g/mol. The first-order valence-corrected chi connectivity index (χ1v) is 7.51. The summed E-state index contributed by atoms with van der Waals surface area (Å²) in [5.41, 5.74) is 1.35. The van der Waals surface area contributed by atoms with Gasteiger partial charge in [-0.25, -0.2) is 8.42 Å². The van der Waals surface area contributed by atoms with E-state index in [0.29, 0.717) is 11.3 Å². The van der Waals surface area contributed by atoms with Crippen LogP contribution in [0.15, 0.2) is 53.4 Å². The highest BCUT2D eigenvalue weighted by molar-refractivity contribution is 8.13. The van der Waals surface area contributed by atoms with Gasteiger partial charge >= 0.3 is 0 Å². The SMILES string of the molecule is COc1ccc(-c2ccccc2)c(S(=O)(=O)Cl)c1. The van der Waals surface area contributed by atoms with Crippen molar-refractivity contribution >= 4 is 19.7 Å². The standard InChI is InChI=1S/C13H11ClO3S/c1-17-11-7-8-12(10-5-3-2-4-6-10)13(9-11)18(14,15)16/h2-9H,1H3. The predicted molar refractivity (Wildman–Crippen MR) is 71.5 cm³/mol. The highest BCUT2D eigenvalue weighted by Gasteiger charge is 2.17. The second-order valence-electron chi connectivity index (χ2n) is 3.67. The van der Waals surface area contributed by atoms with Crippen molar-refractivity contribution in [2.75, 3.05) is 7.11 Å². The molecule has 2 rings (SSSR count). The zero-order valence-corrected chi connectivity index (χ0v) is 11.2. The molecule has 2 aromatic rings. The third-order valence-corrected chi connectivity index (χ3v) is 3.90. The number of hydrogen-bond acceptors (Lipinski definition) is 3. The summed E-state index contributed by atoms with van der Waals surface area (Å²) in [7, 11) is 3.11. The third kappa shape index (κ3) is 2.66. The van der Waals surface area contributed by atoms with Crippen LogP contribution in [0.5, 0.6) is 5.75 Å². The number of hydrogen-bond donors (Lipinski definition) is 0. The molecule has 0 spiro atoms. The van der Waals surface area contributed by atoms with Gasteiger partial charge in [-0.3, -0.25) is 0 Å². The van der Waals surface area contributed by atoms with Crippen LogP contribution in [-0.2, 0) is 9.05 Å². The number of methoxy groups -OCH3 is 1. The molecule has 0 radical (unpaired) electrons. The lowest BCUT2D eigenvalue weighted by molar-refractivity contribution is 0.413. The Hall–Kier alpha value is -1.52. The first kappa shape index (κ1) is 12.9. The minimum atomic E-state index is -3.82. The summed E-state index contributed by atoms with van der Waals surface area (Å²) in [6.45, 7) is 0. The highest BCUT2D eigenvalue weighted by Crippen LogP contribution is 2.32. The van der Waals surface area contributed by atoms with Gasteiger partial charge in [0.25, 0.3) is 9.05 Å². The van der Waals surface area contributed by atoms with Gasteiger partial charge in [0.2, 0.25) is 0 Å². The summed E-state index contributed by atoms with van der Waals surface area (Å²) >= 11 is 0. The summed E-state index contributed by atoms with van der Waals surface area (Å²) in [6, 6.07) is 14.0. The van der Waals surface area contributed by atoms with Crippen molar-refractivity contribution in [1.29, 1.82) is 0 Å². The zero-order valence-electron chi connectivity index (χ0n) is 9.63. The maximum absolute atomic E-state index is 11.6. The van der Waals surface area contributed by atoms with E-state index in [0.717, 1.165) is 5.56 Å². The first-order valence-electron chi connectivity index (χ1n) is 5.20. The summed E-state index contributed by atoms with van der Waals surface area (Å²) in [4.78, 5) is 0.0507. The van der Waals surface area contributed by atoms with E-state index in [-0.39, 0.29) is 4.90 Å². The fourth-order valence-corrected chi connectivity index (χ4v) is 2.78. The van der Waals surface area contributed by atoms with Crippen LogP contribution in [-0.4, -0.2) is 15.5 Å². The van der Waals surface area contributed by atoms with Crippen molar-refractivity contribution in [3.63, 3.8) is 0 Å². The van der Waals surface area contributed by atoms with Gasteiger partial charge in [0.15, 0.2) is 0 Å². The topological polar surface area (TPSA) is 43.4 Å². The van der Waals surface area contributed by atoms with Crippen molar-refractivity contribution in [3.8, 4) is 16.9 Å². The molecule has 5 heteroatoms. The zero-order chi connectivity index (χ0) is 13.2. The Morgan fingerprint density at radius 2 is 1.72 bits per heavy atom. The van der Waals surface area contributed by atoms with Gasteiger partial charge in [-0.15, -0.1) is 0 Å². The fraction of sp³-hybridized carbons (Fsp3) is 0.0769. The molecular formula is C13H11ClO3S. The highest BCUT2D eigenvalue weighted by atomic mass is 35.7. The molecule has 0 aliphatic carbocycles. The van der Waals surface area contributed by atoms with Crippen LogP contribution in [0.2, 0.25) is 0 Å². The van der Waals surface area contributed by atoms with Crippen LogP contribution in [0.4, 0.5) is 0 Å². The van der Waals surface area contributed by atoms with Gasteiger partial charge in [-0.1, -0.05) is 30.3 Å². The molecule has 0 aromatic heterocycles. The molecule has 0 N–H and O–H groups in total. The molecule has 0 heterocycles.